The Morgan fingerprint density at radius 1 is 1.56 bits per heavy atom. The number of aromatic nitrogens is 2. The van der Waals surface area contributed by atoms with E-state index < -0.39 is 0 Å². The van der Waals surface area contributed by atoms with E-state index in [0.717, 1.165) is 43.3 Å². The lowest BCUT2D eigenvalue weighted by Gasteiger charge is -2.21. The Labute approximate surface area is 108 Å². The Balaban J connectivity index is 2.17. The largest absolute Gasteiger partial charge is 0.393 e. The third-order valence-electron chi connectivity index (χ3n) is 3.61. The molecule has 2 rings (SSSR count). The molecule has 2 heterocycles. The van der Waals surface area contributed by atoms with Crippen LogP contribution in [0.1, 0.15) is 25.8 Å². The summed E-state index contributed by atoms with van der Waals surface area (Å²) < 4.78 is 0. The summed E-state index contributed by atoms with van der Waals surface area (Å²) in [5.74, 6) is 2.24. The summed E-state index contributed by atoms with van der Waals surface area (Å²) in [5.41, 5.74) is 1.09. The van der Waals surface area contributed by atoms with Crippen LogP contribution < -0.4 is 10.2 Å². The zero-order chi connectivity index (χ0) is 13.1. The predicted octanol–water partition coefficient (Wildman–Crippen LogP) is 1.42. The van der Waals surface area contributed by atoms with Crippen molar-refractivity contribution in [3.05, 3.63) is 11.9 Å². The average molecular weight is 250 g/mol. The number of aliphatic hydroxyl groups is 1. The quantitative estimate of drug-likeness (QED) is 0.846. The molecule has 2 N–H and O–H groups in total. The van der Waals surface area contributed by atoms with E-state index in [1.807, 2.05) is 13.8 Å². The summed E-state index contributed by atoms with van der Waals surface area (Å²) in [6.45, 7) is 8.66. The maximum atomic E-state index is 9.65. The number of hydrogen-bond acceptors (Lipinski definition) is 5. The predicted molar refractivity (Wildman–Crippen MR) is 72.9 cm³/mol. The Hall–Kier alpha value is -1.36. The van der Waals surface area contributed by atoms with Gasteiger partial charge in [0, 0.05) is 31.1 Å². The number of hydrogen-bond donors (Lipinski definition) is 2. The molecule has 1 aromatic rings. The topological polar surface area (TPSA) is 61.3 Å². The molecule has 5 nitrogen and oxygen atoms in total. The molecule has 0 bridgehead atoms. The van der Waals surface area contributed by atoms with Crippen molar-refractivity contribution in [2.45, 2.75) is 33.3 Å². The van der Waals surface area contributed by atoms with E-state index in [-0.39, 0.29) is 6.10 Å². The molecular weight excluding hydrogens is 228 g/mol. The van der Waals surface area contributed by atoms with E-state index in [1.165, 1.54) is 0 Å². The van der Waals surface area contributed by atoms with Crippen LogP contribution in [-0.2, 0) is 0 Å². The summed E-state index contributed by atoms with van der Waals surface area (Å²) in [5, 5.41) is 12.9. The third-order valence-corrected chi connectivity index (χ3v) is 3.61. The first kappa shape index (κ1) is 13.1. The van der Waals surface area contributed by atoms with E-state index in [9.17, 15) is 5.11 Å². The van der Waals surface area contributed by atoms with Gasteiger partial charge in [-0.1, -0.05) is 0 Å². The summed E-state index contributed by atoms with van der Waals surface area (Å²) in [7, 11) is 0. The van der Waals surface area contributed by atoms with Crippen molar-refractivity contribution in [2.75, 3.05) is 29.9 Å². The molecule has 18 heavy (non-hydrogen) atoms. The van der Waals surface area contributed by atoms with Gasteiger partial charge in [-0.15, -0.1) is 0 Å². The molecule has 1 aromatic heterocycles. The van der Waals surface area contributed by atoms with Crippen molar-refractivity contribution in [1.29, 1.82) is 0 Å². The number of nitrogens with one attached hydrogen (secondary N) is 1. The van der Waals surface area contributed by atoms with Gasteiger partial charge in [0.1, 0.15) is 18.0 Å². The third kappa shape index (κ3) is 2.56. The van der Waals surface area contributed by atoms with E-state index in [1.54, 1.807) is 6.33 Å². The SMILES string of the molecule is CCNc1ncnc(N2CCC(C(C)O)C2)c1C. The van der Waals surface area contributed by atoms with Crippen LogP contribution >= 0.6 is 0 Å². The molecule has 0 radical (unpaired) electrons. The first-order valence-electron chi connectivity index (χ1n) is 6.62. The Kier molecular flexibility index (Phi) is 4.01. The zero-order valence-corrected chi connectivity index (χ0v) is 11.3. The van der Waals surface area contributed by atoms with Gasteiger partial charge in [-0.2, -0.15) is 0 Å². The molecule has 100 valence electrons. The summed E-state index contributed by atoms with van der Waals surface area (Å²) in [4.78, 5) is 10.9. The van der Waals surface area contributed by atoms with E-state index >= 15 is 0 Å². The minimum absolute atomic E-state index is 0.245. The van der Waals surface area contributed by atoms with Gasteiger partial charge in [0.2, 0.25) is 0 Å². The molecule has 2 unspecified atom stereocenters. The van der Waals surface area contributed by atoms with Gasteiger partial charge in [0.25, 0.3) is 0 Å². The van der Waals surface area contributed by atoms with Gasteiger partial charge in [0.15, 0.2) is 0 Å². The molecule has 0 spiro atoms. The van der Waals surface area contributed by atoms with Crippen LogP contribution in [0.15, 0.2) is 6.33 Å². The van der Waals surface area contributed by atoms with Gasteiger partial charge in [0.05, 0.1) is 6.10 Å². The first-order chi connectivity index (χ1) is 8.63. The van der Waals surface area contributed by atoms with Gasteiger partial charge >= 0.3 is 0 Å². The highest BCUT2D eigenvalue weighted by atomic mass is 16.3. The average Bonchev–Trinajstić information content (AvgIpc) is 2.81. The van der Waals surface area contributed by atoms with Crippen LogP contribution in [0.5, 0.6) is 0 Å². The fraction of sp³-hybridized carbons (Fsp3) is 0.692. The van der Waals surface area contributed by atoms with Gasteiger partial charge in [-0.3, -0.25) is 0 Å². The van der Waals surface area contributed by atoms with Gasteiger partial charge < -0.3 is 15.3 Å². The summed E-state index contributed by atoms with van der Waals surface area (Å²) >= 11 is 0. The van der Waals surface area contributed by atoms with Crippen molar-refractivity contribution in [3.8, 4) is 0 Å². The molecule has 1 fully saturated rings. The fourth-order valence-corrected chi connectivity index (χ4v) is 2.48. The summed E-state index contributed by atoms with van der Waals surface area (Å²) in [6, 6.07) is 0. The van der Waals surface area contributed by atoms with Crippen LogP contribution in [0.3, 0.4) is 0 Å². The summed E-state index contributed by atoms with van der Waals surface area (Å²) in [6.07, 6.45) is 2.39. The highest BCUT2D eigenvalue weighted by Crippen LogP contribution is 2.28. The lowest BCUT2D eigenvalue weighted by Crippen LogP contribution is -2.25. The fourth-order valence-electron chi connectivity index (χ4n) is 2.48. The smallest absolute Gasteiger partial charge is 0.137 e. The van der Waals surface area contributed by atoms with Crippen LogP contribution in [0.2, 0.25) is 0 Å². The van der Waals surface area contributed by atoms with Crippen LogP contribution in [0.25, 0.3) is 0 Å². The maximum Gasteiger partial charge on any atom is 0.137 e. The highest BCUT2D eigenvalue weighted by molar-refractivity contribution is 5.58. The molecule has 1 saturated heterocycles. The highest BCUT2D eigenvalue weighted by Gasteiger charge is 2.28. The number of anilines is 2. The second-order valence-electron chi connectivity index (χ2n) is 4.94. The normalized spacial score (nSPS) is 21.1. The Morgan fingerprint density at radius 3 is 2.94 bits per heavy atom. The van der Waals surface area contributed by atoms with Crippen LogP contribution in [0.4, 0.5) is 11.6 Å². The maximum absolute atomic E-state index is 9.65. The zero-order valence-electron chi connectivity index (χ0n) is 11.3. The minimum atomic E-state index is -0.245. The van der Waals surface area contributed by atoms with Crippen molar-refractivity contribution < 1.29 is 5.11 Å². The van der Waals surface area contributed by atoms with E-state index in [4.69, 9.17) is 0 Å². The van der Waals surface area contributed by atoms with E-state index in [0.29, 0.717) is 5.92 Å². The molecule has 1 aliphatic heterocycles. The molecule has 5 heteroatoms. The molecule has 0 saturated carbocycles. The van der Waals surface area contributed by atoms with Crippen molar-refractivity contribution in [2.24, 2.45) is 5.92 Å². The van der Waals surface area contributed by atoms with Crippen LogP contribution in [0, 0.1) is 12.8 Å². The Bertz CT molecular complexity index is 408. The molecule has 1 aliphatic rings. The second-order valence-corrected chi connectivity index (χ2v) is 4.94. The second kappa shape index (κ2) is 5.52. The van der Waals surface area contributed by atoms with Crippen molar-refractivity contribution in [1.82, 2.24) is 9.97 Å². The van der Waals surface area contributed by atoms with Crippen molar-refractivity contribution in [3.63, 3.8) is 0 Å². The lowest BCUT2D eigenvalue weighted by atomic mass is 10.0. The molecular formula is C13H22N4O. The standard InChI is InChI=1S/C13H22N4O/c1-4-14-12-9(2)13(16-8-15-12)17-6-5-11(7-17)10(3)18/h8,10-11,18H,4-7H2,1-3H3,(H,14,15,16). The minimum Gasteiger partial charge on any atom is -0.393 e. The van der Waals surface area contributed by atoms with E-state index in [2.05, 4.69) is 27.1 Å². The lowest BCUT2D eigenvalue weighted by molar-refractivity contribution is 0.136. The van der Waals surface area contributed by atoms with Gasteiger partial charge in [-0.05, 0) is 27.2 Å². The molecule has 0 aromatic carbocycles. The molecule has 2 atom stereocenters. The monoisotopic (exact) mass is 250 g/mol. The molecule has 0 aliphatic carbocycles. The van der Waals surface area contributed by atoms with Crippen molar-refractivity contribution >= 4 is 11.6 Å². The Morgan fingerprint density at radius 2 is 2.33 bits per heavy atom. The number of nitrogens with zero attached hydrogens (tertiary/aromatic N) is 3. The molecule has 0 amide bonds. The number of rotatable bonds is 4. The number of aliphatic hydroxyl groups excluding tert-OH is 1. The van der Waals surface area contributed by atoms with Gasteiger partial charge in [-0.25, -0.2) is 9.97 Å². The first-order valence-corrected chi connectivity index (χ1v) is 6.62. The van der Waals surface area contributed by atoms with Crippen LogP contribution in [-0.4, -0.2) is 40.8 Å².